The number of methoxy groups -OCH3 is 1. The predicted molar refractivity (Wildman–Crippen MR) is 96.7 cm³/mol. The van der Waals surface area contributed by atoms with Gasteiger partial charge >= 0.3 is 5.97 Å². The Morgan fingerprint density at radius 3 is 2.58 bits per heavy atom. The van der Waals surface area contributed by atoms with Crippen molar-refractivity contribution in [2.24, 2.45) is 10.9 Å². The Balaban J connectivity index is 2.54. The molecule has 2 heterocycles. The van der Waals surface area contributed by atoms with Crippen molar-refractivity contribution >= 4 is 17.7 Å². The fourth-order valence-corrected chi connectivity index (χ4v) is 2.26. The summed E-state index contributed by atoms with van der Waals surface area (Å²) in [5.41, 5.74) is -1.30. The minimum absolute atomic E-state index is 0.0292. The highest BCUT2D eigenvalue weighted by Gasteiger charge is 2.43. The van der Waals surface area contributed by atoms with Crippen LogP contribution in [0, 0.1) is 17.8 Å². The Hall–Kier alpha value is -2.72. The average Bonchev–Trinajstić information content (AvgIpc) is 2.87. The van der Waals surface area contributed by atoms with E-state index in [1.807, 2.05) is 13.8 Å². The predicted octanol–water partition coefficient (Wildman–Crippen LogP) is 1.28. The molecule has 0 aliphatic carbocycles. The molecule has 0 aromatic carbocycles. The largest absolute Gasteiger partial charge is 0.465 e. The van der Waals surface area contributed by atoms with E-state index >= 15 is 0 Å². The van der Waals surface area contributed by atoms with Crippen molar-refractivity contribution in [2.45, 2.75) is 45.8 Å². The van der Waals surface area contributed by atoms with Gasteiger partial charge in [-0.25, -0.2) is 9.79 Å². The lowest BCUT2D eigenvalue weighted by molar-refractivity contribution is -0.124. The molecule has 1 unspecified atom stereocenters. The maximum atomic E-state index is 12.3. The number of amidine groups is 1. The van der Waals surface area contributed by atoms with Gasteiger partial charge in [0.15, 0.2) is 5.84 Å². The van der Waals surface area contributed by atoms with E-state index in [-0.39, 0.29) is 28.9 Å². The lowest BCUT2D eigenvalue weighted by Gasteiger charge is -2.21. The molecule has 1 aromatic heterocycles. The maximum Gasteiger partial charge on any atom is 0.340 e. The number of hydrogen-bond acceptors (Lipinski definition) is 6. The van der Waals surface area contributed by atoms with E-state index in [1.54, 1.807) is 20.8 Å². The van der Waals surface area contributed by atoms with Crippen LogP contribution in [0.4, 0.5) is 0 Å². The molecule has 7 nitrogen and oxygen atoms in total. The van der Waals surface area contributed by atoms with Gasteiger partial charge < -0.3 is 15.2 Å². The highest BCUT2D eigenvalue weighted by atomic mass is 16.5. The van der Waals surface area contributed by atoms with E-state index in [2.05, 4.69) is 27.1 Å². The first-order valence-electron chi connectivity index (χ1n) is 8.23. The van der Waals surface area contributed by atoms with E-state index < -0.39 is 17.1 Å². The molecule has 0 radical (unpaired) electrons. The van der Waals surface area contributed by atoms with E-state index in [0.717, 1.165) is 0 Å². The topological polar surface area (TPSA) is 101 Å². The first kappa shape index (κ1) is 19.6. The van der Waals surface area contributed by atoms with Crippen LogP contribution in [-0.2, 0) is 9.53 Å². The van der Waals surface area contributed by atoms with Gasteiger partial charge in [-0.1, -0.05) is 25.7 Å². The second kappa shape index (κ2) is 6.89. The number of carbonyl (C=O) groups is 2. The molecule has 138 valence electrons. The number of nitrogens with one attached hydrogen (secondary N) is 1. The quantitative estimate of drug-likeness (QED) is 0.627. The minimum atomic E-state index is -1.17. The Morgan fingerprint density at radius 2 is 2.08 bits per heavy atom. The Labute approximate surface area is 152 Å². The van der Waals surface area contributed by atoms with Crippen LogP contribution in [0.1, 0.15) is 56.2 Å². The van der Waals surface area contributed by atoms with Crippen molar-refractivity contribution in [3.63, 3.8) is 0 Å². The number of rotatable bonds is 3. The number of pyridine rings is 1. The van der Waals surface area contributed by atoms with Crippen LogP contribution in [0.2, 0.25) is 0 Å². The molecule has 0 saturated carbocycles. The average molecular weight is 357 g/mol. The van der Waals surface area contributed by atoms with Crippen LogP contribution in [0.15, 0.2) is 17.3 Å². The van der Waals surface area contributed by atoms with Gasteiger partial charge in [0.05, 0.1) is 12.7 Å². The molecule has 0 spiro atoms. The molecule has 1 amide bonds. The van der Waals surface area contributed by atoms with Crippen molar-refractivity contribution < 1.29 is 19.4 Å². The molecule has 1 aromatic rings. The Kier molecular flexibility index (Phi) is 5.19. The molecule has 0 fully saturated rings. The van der Waals surface area contributed by atoms with Crippen molar-refractivity contribution in [3.8, 4) is 11.8 Å². The van der Waals surface area contributed by atoms with Gasteiger partial charge in [0.1, 0.15) is 16.8 Å². The molecule has 0 saturated heterocycles. The molecule has 0 bridgehead atoms. The van der Waals surface area contributed by atoms with E-state index in [0.29, 0.717) is 5.56 Å². The second-order valence-electron chi connectivity index (χ2n) is 7.14. The fourth-order valence-electron chi connectivity index (χ4n) is 2.26. The molecule has 2 rings (SSSR count). The zero-order valence-corrected chi connectivity index (χ0v) is 15.8. The smallest absolute Gasteiger partial charge is 0.340 e. The van der Waals surface area contributed by atoms with Crippen LogP contribution < -0.4 is 5.32 Å². The van der Waals surface area contributed by atoms with Gasteiger partial charge in [-0.3, -0.25) is 9.78 Å². The van der Waals surface area contributed by atoms with Crippen LogP contribution >= 0.6 is 0 Å². The van der Waals surface area contributed by atoms with Gasteiger partial charge in [-0.15, -0.1) is 0 Å². The van der Waals surface area contributed by atoms with E-state index in [4.69, 9.17) is 4.74 Å². The highest BCUT2D eigenvalue weighted by molar-refractivity contribution is 6.17. The molecule has 2 N–H and O–H groups in total. The summed E-state index contributed by atoms with van der Waals surface area (Å²) in [5, 5.41) is 12.4. The molecule has 1 aliphatic heterocycles. The summed E-state index contributed by atoms with van der Waals surface area (Å²) in [7, 11) is 1.26. The maximum absolute atomic E-state index is 12.3. The van der Waals surface area contributed by atoms with Gasteiger partial charge in [-0.2, -0.15) is 0 Å². The third-order valence-corrected chi connectivity index (χ3v) is 4.19. The molecule has 7 heteroatoms. The van der Waals surface area contributed by atoms with Crippen LogP contribution in [0.3, 0.4) is 0 Å². The molecular weight excluding hydrogens is 334 g/mol. The number of aromatic nitrogens is 1. The summed E-state index contributed by atoms with van der Waals surface area (Å²) >= 11 is 0. The first-order valence-corrected chi connectivity index (χ1v) is 8.23. The molecule has 1 atom stereocenters. The first-order chi connectivity index (χ1) is 12.0. The summed E-state index contributed by atoms with van der Waals surface area (Å²) in [6.07, 6.45) is 1.46. The third kappa shape index (κ3) is 3.92. The van der Waals surface area contributed by atoms with E-state index in [1.165, 1.54) is 19.4 Å². The van der Waals surface area contributed by atoms with Gasteiger partial charge in [0, 0.05) is 11.8 Å². The van der Waals surface area contributed by atoms with Crippen molar-refractivity contribution in [1.82, 2.24) is 10.3 Å². The Morgan fingerprint density at radius 1 is 1.42 bits per heavy atom. The molecular formula is C19H23N3O4. The zero-order chi connectivity index (χ0) is 19.7. The zero-order valence-electron chi connectivity index (χ0n) is 15.8. The highest BCUT2D eigenvalue weighted by Crippen LogP contribution is 2.27. The summed E-state index contributed by atoms with van der Waals surface area (Å²) in [5.74, 6) is 4.77. The number of hydrogen-bond donors (Lipinski definition) is 2. The normalized spacial score (nSPS) is 19.5. The van der Waals surface area contributed by atoms with Gasteiger partial charge in [0.25, 0.3) is 5.91 Å². The number of amides is 1. The summed E-state index contributed by atoms with van der Waals surface area (Å²) in [6, 6.07) is 1.51. The number of ether oxygens (including phenoxy) is 1. The SMILES string of the molecule is COC(=O)c1cc(C#CC(C)(C)O)cnc1C1=NC(C)(C(C)C)C(=O)N1. The van der Waals surface area contributed by atoms with E-state index in [9.17, 15) is 14.7 Å². The van der Waals surface area contributed by atoms with Crippen LogP contribution in [0.5, 0.6) is 0 Å². The number of carbonyl (C=O) groups excluding carboxylic acids is 2. The fraction of sp³-hybridized carbons (Fsp3) is 0.474. The van der Waals surface area contributed by atoms with Gasteiger partial charge in [0.2, 0.25) is 0 Å². The number of aliphatic imine (C=N–C) groups is 1. The van der Waals surface area contributed by atoms with Crippen molar-refractivity contribution in [3.05, 3.63) is 29.1 Å². The van der Waals surface area contributed by atoms with Crippen molar-refractivity contribution in [1.29, 1.82) is 0 Å². The summed E-state index contributed by atoms with van der Waals surface area (Å²) in [6.45, 7) is 8.64. The summed E-state index contributed by atoms with van der Waals surface area (Å²) in [4.78, 5) is 33.3. The minimum Gasteiger partial charge on any atom is -0.465 e. The monoisotopic (exact) mass is 357 g/mol. The molecule has 26 heavy (non-hydrogen) atoms. The summed E-state index contributed by atoms with van der Waals surface area (Å²) < 4.78 is 4.82. The van der Waals surface area contributed by atoms with Gasteiger partial charge in [-0.05, 0) is 32.8 Å². The van der Waals surface area contributed by atoms with Crippen LogP contribution in [-0.4, -0.2) is 46.1 Å². The van der Waals surface area contributed by atoms with Crippen molar-refractivity contribution in [2.75, 3.05) is 7.11 Å². The second-order valence-corrected chi connectivity index (χ2v) is 7.14. The standard InChI is InChI=1S/C19H23N3O4/c1-11(2)19(5)17(24)21-15(22-19)14-13(16(23)26-6)9-12(10-20-14)7-8-18(3,4)25/h9-11,25H,1-6H3,(H,21,22,24). The molecule has 1 aliphatic rings. The third-order valence-electron chi connectivity index (χ3n) is 4.19. The number of nitrogens with zero attached hydrogens (tertiary/aromatic N) is 2. The lowest BCUT2D eigenvalue weighted by Crippen LogP contribution is -2.41. The number of esters is 1. The van der Waals surface area contributed by atoms with Crippen LogP contribution in [0.25, 0.3) is 0 Å². The number of aliphatic hydroxyl groups is 1. The lowest BCUT2D eigenvalue weighted by atomic mass is 9.89. The Bertz CT molecular complexity index is 841.